The highest BCUT2D eigenvalue weighted by Gasteiger charge is 2.31. The Morgan fingerprint density at radius 1 is 1.00 bits per heavy atom. The van der Waals surface area contributed by atoms with Gasteiger partial charge in [-0.1, -0.05) is 48.5 Å². The molecule has 26 heavy (non-hydrogen) atoms. The predicted octanol–water partition coefficient (Wildman–Crippen LogP) is 4.14. The molecule has 0 radical (unpaired) electrons. The minimum absolute atomic E-state index is 0.111. The molecule has 2 N–H and O–H groups in total. The Balaban J connectivity index is 1.45. The van der Waals surface area contributed by atoms with Crippen LogP contribution in [0.15, 0.2) is 48.5 Å². The van der Waals surface area contributed by atoms with Gasteiger partial charge in [-0.05, 0) is 47.9 Å². The van der Waals surface area contributed by atoms with Crippen LogP contribution in [0.3, 0.4) is 0 Å². The summed E-state index contributed by atoms with van der Waals surface area (Å²) in [6.45, 7) is 0.378. The van der Waals surface area contributed by atoms with Crippen molar-refractivity contribution in [3.05, 3.63) is 59.7 Å². The van der Waals surface area contributed by atoms with Crippen molar-refractivity contribution < 1.29 is 9.53 Å². The highest BCUT2D eigenvalue weighted by atomic mass is 16.6. The van der Waals surface area contributed by atoms with Crippen molar-refractivity contribution in [1.82, 2.24) is 4.90 Å². The van der Waals surface area contributed by atoms with E-state index in [0.717, 1.165) is 25.7 Å². The second-order valence-corrected chi connectivity index (χ2v) is 7.48. The molecule has 0 bridgehead atoms. The van der Waals surface area contributed by atoms with E-state index in [-0.39, 0.29) is 24.1 Å². The summed E-state index contributed by atoms with van der Waals surface area (Å²) >= 11 is 0. The zero-order valence-electron chi connectivity index (χ0n) is 15.2. The topological polar surface area (TPSA) is 55.6 Å². The fraction of sp³-hybridized carbons (Fsp3) is 0.409. The van der Waals surface area contributed by atoms with Crippen LogP contribution in [0.4, 0.5) is 4.79 Å². The number of nitrogens with zero attached hydrogens (tertiary/aromatic N) is 1. The van der Waals surface area contributed by atoms with Gasteiger partial charge in [0.05, 0.1) is 0 Å². The summed E-state index contributed by atoms with van der Waals surface area (Å²) < 4.78 is 5.74. The molecule has 2 aliphatic carbocycles. The number of benzene rings is 2. The summed E-state index contributed by atoms with van der Waals surface area (Å²) in [7, 11) is 1.85. The summed E-state index contributed by atoms with van der Waals surface area (Å²) in [5, 5.41) is 0. The van der Waals surface area contributed by atoms with Crippen molar-refractivity contribution in [1.29, 1.82) is 0 Å². The first kappa shape index (κ1) is 17.1. The monoisotopic (exact) mass is 350 g/mol. The van der Waals surface area contributed by atoms with Crippen molar-refractivity contribution >= 4 is 6.09 Å². The molecule has 4 nitrogen and oxygen atoms in total. The molecule has 0 heterocycles. The Labute approximate surface area is 155 Å². The third-order valence-corrected chi connectivity index (χ3v) is 5.91. The third kappa shape index (κ3) is 3.10. The molecule has 0 atom stereocenters. The Morgan fingerprint density at radius 2 is 1.54 bits per heavy atom. The van der Waals surface area contributed by atoms with Gasteiger partial charge >= 0.3 is 6.09 Å². The fourth-order valence-corrected chi connectivity index (χ4v) is 4.33. The number of amides is 1. The van der Waals surface area contributed by atoms with Crippen molar-refractivity contribution in [3.63, 3.8) is 0 Å². The van der Waals surface area contributed by atoms with Crippen LogP contribution in [0.25, 0.3) is 11.1 Å². The normalized spacial score (nSPS) is 21.8. The lowest BCUT2D eigenvalue weighted by Gasteiger charge is -2.33. The maximum atomic E-state index is 12.6. The molecule has 1 fully saturated rings. The lowest BCUT2D eigenvalue weighted by molar-refractivity contribution is 0.0855. The molecule has 2 aliphatic rings. The molecule has 4 rings (SSSR count). The molecular weight excluding hydrogens is 324 g/mol. The average molecular weight is 350 g/mol. The Hall–Kier alpha value is -2.33. The van der Waals surface area contributed by atoms with Crippen LogP contribution in [-0.4, -0.2) is 36.7 Å². The zero-order valence-corrected chi connectivity index (χ0v) is 15.2. The first-order chi connectivity index (χ1) is 12.6. The third-order valence-electron chi connectivity index (χ3n) is 5.91. The summed E-state index contributed by atoms with van der Waals surface area (Å²) in [4.78, 5) is 14.3. The lowest BCUT2D eigenvalue weighted by atomic mass is 9.91. The smallest absolute Gasteiger partial charge is 0.409 e. The van der Waals surface area contributed by atoms with Gasteiger partial charge in [0.25, 0.3) is 0 Å². The molecule has 0 aliphatic heterocycles. The minimum Gasteiger partial charge on any atom is -0.448 e. The van der Waals surface area contributed by atoms with Gasteiger partial charge in [0, 0.05) is 25.0 Å². The standard InChI is InChI=1S/C22H26N2O2/c1-24(16-12-10-15(23)11-13-16)22(25)26-14-21-19-8-4-2-6-17(19)18-7-3-5-9-20(18)21/h2-9,15-16,21H,10-14,23H2,1H3/t15-,16-. The highest BCUT2D eigenvalue weighted by molar-refractivity contribution is 5.79. The predicted molar refractivity (Wildman–Crippen MR) is 103 cm³/mol. The number of hydrogen-bond acceptors (Lipinski definition) is 3. The number of carbonyl (C=O) groups is 1. The van der Waals surface area contributed by atoms with Gasteiger partial charge in [-0.15, -0.1) is 0 Å². The van der Waals surface area contributed by atoms with E-state index in [1.807, 2.05) is 7.05 Å². The maximum absolute atomic E-state index is 12.6. The molecule has 0 unspecified atom stereocenters. The molecule has 2 aromatic carbocycles. The molecule has 4 heteroatoms. The van der Waals surface area contributed by atoms with E-state index in [4.69, 9.17) is 10.5 Å². The van der Waals surface area contributed by atoms with Crippen molar-refractivity contribution in [2.75, 3.05) is 13.7 Å². The van der Waals surface area contributed by atoms with Crippen LogP contribution in [0.1, 0.15) is 42.7 Å². The van der Waals surface area contributed by atoms with Crippen LogP contribution in [0.5, 0.6) is 0 Å². The van der Waals surface area contributed by atoms with E-state index in [2.05, 4.69) is 48.5 Å². The minimum atomic E-state index is -0.229. The van der Waals surface area contributed by atoms with Gasteiger partial charge in [0.15, 0.2) is 0 Å². The summed E-state index contributed by atoms with van der Waals surface area (Å²) in [6.07, 6.45) is 3.65. The number of carbonyl (C=O) groups excluding carboxylic acids is 1. The largest absolute Gasteiger partial charge is 0.448 e. The lowest BCUT2D eigenvalue weighted by Crippen LogP contribution is -2.42. The van der Waals surface area contributed by atoms with E-state index >= 15 is 0 Å². The van der Waals surface area contributed by atoms with E-state index in [1.165, 1.54) is 22.3 Å². The number of ether oxygens (including phenoxy) is 1. The highest BCUT2D eigenvalue weighted by Crippen LogP contribution is 2.44. The van der Waals surface area contributed by atoms with Crippen molar-refractivity contribution in [2.24, 2.45) is 5.73 Å². The zero-order chi connectivity index (χ0) is 18.1. The van der Waals surface area contributed by atoms with Gasteiger partial charge < -0.3 is 15.4 Å². The molecule has 0 aromatic heterocycles. The van der Waals surface area contributed by atoms with E-state index in [0.29, 0.717) is 6.61 Å². The second-order valence-electron chi connectivity index (χ2n) is 7.48. The number of hydrogen-bond donors (Lipinski definition) is 1. The Bertz CT molecular complexity index is 751. The molecule has 1 amide bonds. The quantitative estimate of drug-likeness (QED) is 0.905. The van der Waals surface area contributed by atoms with E-state index in [1.54, 1.807) is 4.90 Å². The summed E-state index contributed by atoms with van der Waals surface area (Å²) in [6, 6.07) is 17.3. The van der Waals surface area contributed by atoms with Crippen molar-refractivity contribution in [3.8, 4) is 11.1 Å². The van der Waals surface area contributed by atoms with Gasteiger partial charge in [-0.25, -0.2) is 4.79 Å². The molecular formula is C22H26N2O2. The van der Waals surface area contributed by atoms with Crippen LogP contribution in [0, 0.1) is 0 Å². The number of fused-ring (bicyclic) bond motifs is 3. The van der Waals surface area contributed by atoms with Gasteiger partial charge in [0.2, 0.25) is 0 Å². The molecule has 1 saturated carbocycles. The first-order valence-corrected chi connectivity index (χ1v) is 9.48. The van der Waals surface area contributed by atoms with Crippen molar-refractivity contribution in [2.45, 2.75) is 43.7 Å². The summed E-state index contributed by atoms with van der Waals surface area (Å²) in [5.41, 5.74) is 11.0. The van der Waals surface area contributed by atoms with E-state index in [9.17, 15) is 4.79 Å². The SMILES string of the molecule is CN(C(=O)OCC1c2ccccc2-c2ccccc21)[C@H]1CC[C@H](N)CC1. The van der Waals surface area contributed by atoms with Crippen LogP contribution in [0.2, 0.25) is 0 Å². The van der Waals surface area contributed by atoms with Gasteiger partial charge in [-0.3, -0.25) is 0 Å². The molecule has 0 spiro atoms. The number of nitrogens with two attached hydrogens (primary N) is 1. The fourth-order valence-electron chi connectivity index (χ4n) is 4.33. The summed E-state index contributed by atoms with van der Waals surface area (Å²) in [5.74, 6) is 0.111. The van der Waals surface area contributed by atoms with Gasteiger partial charge in [0.1, 0.15) is 6.61 Å². The Kier molecular flexibility index (Phi) is 4.68. The molecule has 0 saturated heterocycles. The van der Waals surface area contributed by atoms with Gasteiger partial charge in [-0.2, -0.15) is 0 Å². The second kappa shape index (κ2) is 7.12. The Morgan fingerprint density at radius 3 is 2.12 bits per heavy atom. The maximum Gasteiger partial charge on any atom is 0.409 e. The van der Waals surface area contributed by atoms with Crippen LogP contribution >= 0.6 is 0 Å². The first-order valence-electron chi connectivity index (χ1n) is 9.48. The molecule has 2 aromatic rings. The van der Waals surface area contributed by atoms with Crippen LogP contribution < -0.4 is 5.73 Å². The molecule has 136 valence electrons. The van der Waals surface area contributed by atoms with E-state index < -0.39 is 0 Å². The van der Waals surface area contributed by atoms with Crippen LogP contribution in [-0.2, 0) is 4.74 Å². The number of rotatable bonds is 3. The average Bonchev–Trinajstić information content (AvgIpc) is 3.00.